The molecule has 1 N–H and O–H groups in total. The lowest BCUT2D eigenvalue weighted by atomic mass is 10.2. The Hall–Kier alpha value is -2.11. The van der Waals surface area contributed by atoms with Crippen molar-refractivity contribution < 1.29 is 26.3 Å². The van der Waals surface area contributed by atoms with E-state index in [0.717, 1.165) is 5.56 Å². The van der Waals surface area contributed by atoms with Gasteiger partial charge in [0.15, 0.2) is 21.3 Å². The molecule has 2 aromatic rings. The van der Waals surface area contributed by atoms with Gasteiger partial charge in [0.05, 0.1) is 28.9 Å². The number of fused-ring (bicyclic) bond motifs is 1. The Morgan fingerprint density at radius 1 is 1.25 bits per heavy atom. The third-order valence-electron chi connectivity index (χ3n) is 4.98. The highest BCUT2D eigenvalue weighted by Crippen LogP contribution is 2.33. The molecular formula is C17H21N3O6S2. The molecule has 2 aliphatic heterocycles. The molecule has 11 heteroatoms. The third kappa shape index (κ3) is 3.49. The van der Waals surface area contributed by atoms with Gasteiger partial charge < -0.3 is 9.47 Å². The van der Waals surface area contributed by atoms with Crippen molar-refractivity contribution in [2.75, 3.05) is 18.3 Å². The van der Waals surface area contributed by atoms with Gasteiger partial charge in [-0.15, -0.1) is 0 Å². The normalized spacial score (nSPS) is 20.6. The zero-order chi connectivity index (χ0) is 20.1. The van der Waals surface area contributed by atoms with Crippen molar-refractivity contribution in [3.63, 3.8) is 0 Å². The fourth-order valence-corrected chi connectivity index (χ4v) is 6.77. The third-order valence-corrected chi connectivity index (χ3v) is 8.39. The van der Waals surface area contributed by atoms with Gasteiger partial charge in [0, 0.05) is 6.54 Å². The van der Waals surface area contributed by atoms with E-state index in [1.807, 2.05) is 0 Å². The van der Waals surface area contributed by atoms with E-state index in [1.54, 1.807) is 32.0 Å². The molecule has 0 spiro atoms. The highest BCUT2D eigenvalue weighted by Gasteiger charge is 2.33. The van der Waals surface area contributed by atoms with Crippen LogP contribution in [0.2, 0.25) is 0 Å². The molecule has 1 saturated heterocycles. The van der Waals surface area contributed by atoms with Crippen molar-refractivity contribution in [3.05, 3.63) is 35.2 Å². The van der Waals surface area contributed by atoms with Gasteiger partial charge in [0.2, 0.25) is 16.8 Å². The standard InChI is InChI=1S/C17H21N3O6S2/c1-11-17(12(2)20(19-11)14-5-6-27(21,22)9-14)28(23,24)18-8-13-3-4-15-16(7-13)26-10-25-15/h3-4,7,14,18H,5-6,8-10H2,1-2H3. The highest BCUT2D eigenvalue weighted by atomic mass is 32.2. The molecule has 152 valence electrons. The molecule has 1 aromatic carbocycles. The van der Waals surface area contributed by atoms with Crippen molar-refractivity contribution in [1.82, 2.24) is 14.5 Å². The quantitative estimate of drug-likeness (QED) is 0.758. The Kier molecular flexibility index (Phi) is 4.63. The van der Waals surface area contributed by atoms with Crippen LogP contribution in [-0.2, 0) is 26.4 Å². The van der Waals surface area contributed by atoms with E-state index in [2.05, 4.69) is 9.82 Å². The topological polar surface area (TPSA) is 117 Å². The second-order valence-corrected chi connectivity index (χ2v) is 10.9. The van der Waals surface area contributed by atoms with Gasteiger partial charge in [-0.25, -0.2) is 21.6 Å². The fraction of sp³-hybridized carbons (Fsp3) is 0.471. The smallest absolute Gasteiger partial charge is 0.244 e. The molecule has 1 atom stereocenters. The lowest BCUT2D eigenvalue weighted by Crippen LogP contribution is -2.24. The lowest BCUT2D eigenvalue weighted by Gasteiger charge is -2.12. The maximum Gasteiger partial charge on any atom is 0.244 e. The Morgan fingerprint density at radius 3 is 2.71 bits per heavy atom. The molecule has 0 aliphatic carbocycles. The van der Waals surface area contributed by atoms with Crippen LogP contribution in [0.3, 0.4) is 0 Å². The van der Waals surface area contributed by atoms with Crippen LogP contribution in [0.15, 0.2) is 23.1 Å². The van der Waals surface area contributed by atoms with Crippen molar-refractivity contribution in [2.45, 2.75) is 37.8 Å². The van der Waals surface area contributed by atoms with E-state index in [0.29, 0.717) is 29.3 Å². The van der Waals surface area contributed by atoms with E-state index >= 15 is 0 Å². The number of aryl methyl sites for hydroxylation is 1. The van der Waals surface area contributed by atoms with Crippen LogP contribution < -0.4 is 14.2 Å². The monoisotopic (exact) mass is 427 g/mol. The summed E-state index contributed by atoms with van der Waals surface area (Å²) in [6.07, 6.45) is 0.439. The molecule has 0 amide bonds. The maximum atomic E-state index is 12.9. The van der Waals surface area contributed by atoms with Crippen LogP contribution in [-0.4, -0.2) is 44.9 Å². The first-order chi connectivity index (χ1) is 13.2. The molecule has 0 saturated carbocycles. The first-order valence-electron chi connectivity index (χ1n) is 8.80. The predicted molar refractivity (Wildman–Crippen MR) is 101 cm³/mol. The van der Waals surface area contributed by atoms with E-state index in [1.165, 1.54) is 4.68 Å². The summed E-state index contributed by atoms with van der Waals surface area (Å²) in [5.41, 5.74) is 1.52. The van der Waals surface area contributed by atoms with Gasteiger partial charge >= 0.3 is 0 Å². The van der Waals surface area contributed by atoms with Gasteiger partial charge in [0.25, 0.3) is 0 Å². The van der Waals surface area contributed by atoms with Gasteiger partial charge in [0.1, 0.15) is 4.90 Å². The van der Waals surface area contributed by atoms with Crippen molar-refractivity contribution in [3.8, 4) is 11.5 Å². The van der Waals surface area contributed by atoms with Gasteiger partial charge in [-0.2, -0.15) is 5.10 Å². The van der Waals surface area contributed by atoms with Crippen LogP contribution in [0, 0.1) is 13.8 Å². The molecular weight excluding hydrogens is 406 g/mol. The second kappa shape index (κ2) is 6.75. The molecule has 2 aliphatic rings. The molecule has 9 nitrogen and oxygen atoms in total. The summed E-state index contributed by atoms with van der Waals surface area (Å²) in [5, 5.41) is 4.32. The van der Waals surface area contributed by atoms with E-state index in [-0.39, 0.29) is 35.8 Å². The zero-order valence-electron chi connectivity index (χ0n) is 15.5. The van der Waals surface area contributed by atoms with Crippen molar-refractivity contribution >= 4 is 19.9 Å². The number of sulfone groups is 1. The summed E-state index contributed by atoms with van der Waals surface area (Å²) in [5.74, 6) is 1.30. The number of hydrogen-bond donors (Lipinski definition) is 1. The number of aromatic nitrogens is 2. The van der Waals surface area contributed by atoms with Crippen LogP contribution in [0.1, 0.15) is 29.4 Å². The largest absolute Gasteiger partial charge is 0.454 e. The lowest BCUT2D eigenvalue weighted by molar-refractivity contribution is 0.174. The van der Waals surface area contributed by atoms with Crippen molar-refractivity contribution in [1.29, 1.82) is 0 Å². The Labute approximate surface area is 163 Å². The summed E-state index contributed by atoms with van der Waals surface area (Å²) in [7, 11) is -6.92. The molecule has 1 fully saturated rings. The summed E-state index contributed by atoms with van der Waals surface area (Å²) >= 11 is 0. The van der Waals surface area contributed by atoms with E-state index in [9.17, 15) is 16.8 Å². The van der Waals surface area contributed by atoms with E-state index < -0.39 is 19.9 Å². The van der Waals surface area contributed by atoms with Crippen LogP contribution in [0.25, 0.3) is 0 Å². The first kappa shape index (κ1) is 19.2. The summed E-state index contributed by atoms with van der Waals surface area (Å²) in [6, 6.07) is 4.91. The number of rotatable bonds is 5. The Morgan fingerprint density at radius 2 is 2.00 bits per heavy atom. The van der Waals surface area contributed by atoms with Crippen LogP contribution in [0.5, 0.6) is 11.5 Å². The number of nitrogens with zero attached hydrogens (tertiary/aromatic N) is 2. The molecule has 3 heterocycles. The average molecular weight is 428 g/mol. The first-order valence-corrected chi connectivity index (χ1v) is 12.1. The predicted octanol–water partition coefficient (Wildman–Crippen LogP) is 1.07. The molecule has 4 rings (SSSR count). The van der Waals surface area contributed by atoms with Gasteiger partial charge in [-0.05, 0) is 38.0 Å². The molecule has 0 radical (unpaired) electrons. The minimum absolute atomic E-state index is 0.0148. The fourth-order valence-electron chi connectivity index (χ4n) is 3.66. The van der Waals surface area contributed by atoms with Gasteiger partial charge in [-0.3, -0.25) is 4.68 Å². The van der Waals surface area contributed by atoms with Crippen molar-refractivity contribution in [2.24, 2.45) is 0 Å². The molecule has 0 bridgehead atoms. The minimum Gasteiger partial charge on any atom is -0.454 e. The number of benzene rings is 1. The molecule has 28 heavy (non-hydrogen) atoms. The number of hydrogen-bond acceptors (Lipinski definition) is 7. The van der Waals surface area contributed by atoms with Gasteiger partial charge in [-0.1, -0.05) is 6.07 Å². The minimum atomic E-state index is -3.83. The van der Waals surface area contributed by atoms with E-state index in [4.69, 9.17) is 9.47 Å². The summed E-state index contributed by atoms with van der Waals surface area (Å²) < 4.78 is 64.0. The highest BCUT2D eigenvalue weighted by molar-refractivity contribution is 7.91. The maximum absolute atomic E-state index is 12.9. The summed E-state index contributed by atoms with van der Waals surface area (Å²) in [4.78, 5) is 0.0949. The van der Waals surface area contributed by atoms with Crippen LogP contribution >= 0.6 is 0 Å². The molecule has 1 unspecified atom stereocenters. The number of ether oxygens (including phenoxy) is 2. The Bertz CT molecular complexity index is 1140. The number of sulfonamides is 1. The second-order valence-electron chi connectivity index (χ2n) is 7.01. The average Bonchev–Trinajstić information content (AvgIpc) is 3.30. The zero-order valence-corrected chi connectivity index (χ0v) is 17.1. The number of nitrogens with one attached hydrogen (secondary N) is 1. The summed E-state index contributed by atoms with van der Waals surface area (Å²) in [6.45, 7) is 3.50. The SMILES string of the molecule is Cc1nn(C2CCS(=O)(=O)C2)c(C)c1S(=O)(=O)NCc1ccc2c(c1)OCO2. The van der Waals surface area contributed by atoms with Crippen LogP contribution in [0.4, 0.5) is 0 Å². The molecule has 1 aromatic heterocycles. The Balaban J connectivity index is 1.56.